The summed E-state index contributed by atoms with van der Waals surface area (Å²) in [4.78, 5) is 13.5. The van der Waals surface area contributed by atoms with Gasteiger partial charge < -0.3 is 5.11 Å². The van der Waals surface area contributed by atoms with E-state index in [9.17, 15) is 9.90 Å². The van der Waals surface area contributed by atoms with E-state index in [1.54, 1.807) is 0 Å². The molecule has 170 valence electrons. The van der Waals surface area contributed by atoms with E-state index < -0.39 is 0 Å². The second-order valence-electron chi connectivity index (χ2n) is 12.6. The van der Waals surface area contributed by atoms with Gasteiger partial charge in [-0.15, -0.1) is 0 Å². The summed E-state index contributed by atoms with van der Waals surface area (Å²) in [5.74, 6) is 5.02. The molecule has 0 bridgehead atoms. The molecule has 4 rings (SSSR count). The van der Waals surface area contributed by atoms with Gasteiger partial charge >= 0.3 is 0 Å². The third kappa shape index (κ3) is 3.54. The molecule has 0 aromatic heterocycles. The van der Waals surface area contributed by atoms with E-state index in [2.05, 4.69) is 53.7 Å². The highest BCUT2D eigenvalue weighted by molar-refractivity contribution is 5.83. The minimum Gasteiger partial charge on any atom is -0.393 e. The number of hydrogen-bond acceptors (Lipinski definition) is 2. The lowest BCUT2D eigenvalue weighted by Crippen LogP contribution is -2.57. The highest BCUT2D eigenvalue weighted by Crippen LogP contribution is 2.67. The minimum atomic E-state index is -0.182. The second kappa shape index (κ2) is 8.05. The molecular weight excluding hydrogens is 368 g/mol. The molecule has 2 heteroatoms. The molecule has 0 amide bonds. The van der Waals surface area contributed by atoms with Gasteiger partial charge in [0, 0.05) is 12.3 Å². The van der Waals surface area contributed by atoms with Crippen LogP contribution in [0.3, 0.4) is 0 Å². The SMILES string of the molecule is CC(C)C(C)/C=C/C(C)[C@H]1CCC2C3C(=O)C[C@H]4C[C@@H](O)CC[C@]4(C)C3CC[C@@]21C. The topological polar surface area (TPSA) is 37.3 Å². The molecule has 5 unspecified atom stereocenters. The van der Waals surface area contributed by atoms with E-state index in [0.29, 0.717) is 52.6 Å². The van der Waals surface area contributed by atoms with E-state index in [1.165, 1.54) is 25.7 Å². The first-order valence-electron chi connectivity index (χ1n) is 13.0. The number of aliphatic hydroxyl groups excluding tert-OH is 1. The zero-order chi connectivity index (χ0) is 21.8. The van der Waals surface area contributed by atoms with E-state index in [-0.39, 0.29) is 17.4 Å². The highest BCUT2D eigenvalue weighted by Gasteiger charge is 2.62. The van der Waals surface area contributed by atoms with Crippen LogP contribution in [0.2, 0.25) is 0 Å². The van der Waals surface area contributed by atoms with Crippen LogP contribution in [0.4, 0.5) is 0 Å². The number of carbonyl (C=O) groups is 1. The van der Waals surface area contributed by atoms with E-state index in [1.807, 2.05) is 0 Å². The molecule has 4 aliphatic carbocycles. The predicted octanol–water partition coefficient (Wildman–Crippen LogP) is 6.67. The van der Waals surface area contributed by atoms with Crippen LogP contribution in [0.25, 0.3) is 0 Å². The van der Waals surface area contributed by atoms with E-state index >= 15 is 0 Å². The molecule has 0 aromatic carbocycles. The number of ketones is 1. The summed E-state index contributed by atoms with van der Waals surface area (Å²) in [7, 11) is 0. The van der Waals surface area contributed by atoms with Crippen LogP contribution in [-0.4, -0.2) is 17.0 Å². The molecule has 4 fully saturated rings. The van der Waals surface area contributed by atoms with Crippen molar-refractivity contribution in [3.8, 4) is 0 Å². The van der Waals surface area contributed by atoms with Gasteiger partial charge in [-0.05, 0) is 97.2 Å². The van der Waals surface area contributed by atoms with Crippen LogP contribution in [0.5, 0.6) is 0 Å². The fourth-order valence-corrected chi connectivity index (χ4v) is 8.52. The Labute approximate surface area is 185 Å². The van der Waals surface area contributed by atoms with Crippen LogP contribution in [0.15, 0.2) is 12.2 Å². The van der Waals surface area contributed by atoms with Crippen LogP contribution >= 0.6 is 0 Å². The lowest BCUT2D eigenvalue weighted by Gasteiger charge is -2.60. The average Bonchev–Trinajstić information content (AvgIpc) is 3.04. The summed E-state index contributed by atoms with van der Waals surface area (Å²) in [6.07, 6.45) is 13.4. The Hall–Kier alpha value is -0.630. The first-order valence-corrected chi connectivity index (χ1v) is 13.0. The van der Waals surface area contributed by atoms with Crippen molar-refractivity contribution in [2.75, 3.05) is 0 Å². The molecule has 0 radical (unpaired) electrons. The Morgan fingerprint density at radius 3 is 2.30 bits per heavy atom. The van der Waals surface area contributed by atoms with Crippen LogP contribution in [0, 0.1) is 58.2 Å². The molecule has 0 heterocycles. The lowest BCUT2D eigenvalue weighted by atomic mass is 9.44. The van der Waals surface area contributed by atoms with Gasteiger partial charge in [0.05, 0.1) is 6.10 Å². The largest absolute Gasteiger partial charge is 0.393 e. The van der Waals surface area contributed by atoms with Crippen LogP contribution in [0.1, 0.15) is 92.9 Å². The predicted molar refractivity (Wildman–Crippen MR) is 124 cm³/mol. The van der Waals surface area contributed by atoms with E-state index in [4.69, 9.17) is 0 Å². The van der Waals surface area contributed by atoms with Crippen molar-refractivity contribution in [2.45, 2.75) is 99.0 Å². The number of allylic oxidation sites excluding steroid dienone is 2. The van der Waals surface area contributed by atoms with Crippen LogP contribution < -0.4 is 0 Å². The second-order valence-corrected chi connectivity index (χ2v) is 12.6. The van der Waals surface area contributed by atoms with Crippen molar-refractivity contribution < 1.29 is 9.90 Å². The van der Waals surface area contributed by atoms with Gasteiger partial charge in [-0.25, -0.2) is 0 Å². The number of fused-ring (bicyclic) bond motifs is 5. The summed E-state index contributed by atoms with van der Waals surface area (Å²) in [6, 6.07) is 0. The number of Topliss-reactive ketones (excluding diaryl/α,β-unsaturated/α-hetero) is 1. The summed E-state index contributed by atoms with van der Waals surface area (Å²) in [6.45, 7) is 14.4. The summed E-state index contributed by atoms with van der Waals surface area (Å²) < 4.78 is 0. The summed E-state index contributed by atoms with van der Waals surface area (Å²) in [5.41, 5.74) is 0.592. The number of aliphatic hydroxyl groups is 1. The first-order chi connectivity index (χ1) is 14.1. The fourth-order valence-electron chi connectivity index (χ4n) is 8.52. The summed E-state index contributed by atoms with van der Waals surface area (Å²) in [5, 5.41) is 10.2. The normalized spacial score (nSPS) is 48.3. The van der Waals surface area contributed by atoms with Crippen molar-refractivity contribution >= 4 is 5.78 Å². The number of rotatable bonds is 4. The van der Waals surface area contributed by atoms with Crippen molar-refractivity contribution in [1.29, 1.82) is 0 Å². The monoisotopic (exact) mass is 414 g/mol. The van der Waals surface area contributed by atoms with Gasteiger partial charge in [-0.2, -0.15) is 0 Å². The Morgan fingerprint density at radius 1 is 0.933 bits per heavy atom. The van der Waals surface area contributed by atoms with Gasteiger partial charge in [-0.1, -0.05) is 53.7 Å². The minimum absolute atomic E-state index is 0.182. The molecule has 30 heavy (non-hydrogen) atoms. The van der Waals surface area contributed by atoms with Gasteiger partial charge in [-0.3, -0.25) is 4.79 Å². The Balaban J connectivity index is 1.55. The van der Waals surface area contributed by atoms with Gasteiger partial charge in [0.15, 0.2) is 0 Å². The first kappa shape index (κ1) is 22.6. The zero-order valence-electron chi connectivity index (χ0n) is 20.4. The van der Waals surface area contributed by atoms with Crippen molar-refractivity contribution in [1.82, 2.24) is 0 Å². The van der Waals surface area contributed by atoms with Crippen LogP contribution in [-0.2, 0) is 4.79 Å². The highest BCUT2D eigenvalue weighted by atomic mass is 16.3. The molecule has 0 aliphatic heterocycles. The maximum atomic E-state index is 13.5. The molecule has 0 spiro atoms. The standard InChI is InChI=1S/C28H46O2/c1-17(2)18(3)7-8-19(4)22-9-10-23-26-24(12-14-28(22,23)6)27(5)13-11-21(29)15-20(27)16-25(26)30/h7-8,17-24,26,29H,9-16H2,1-6H3/b8-7+/t18?,19?,20-,21+,22-,23?,24?,26?,27+,28-/m1/s1. The van der Waals surface area contributed by atoms with Crippen molar-refractivity contribution in [2.24, 2.45) is 58.2 Å². The molecule has 1 N–H and O–H groups in total. The fraction of sp³-hybridized carbons (Fsp3) is 0.893. The molecular formula is C28H46O2. The maximum absolute atomic E-state index is 13.5. The van der Waals surface area contributed by atoms with Gasteiger partial charge in [0.1, 0.15) is 5.78 Å². The summed E-state index contributed by atoms with van der Waals surface area (Å²) >= 11 is 0. The van der Waals surface area contributed by atoms with Crippen molar-refractivity contribution in [3.05, 3.63) is 12.2 Å². The third-order valence-electron chi connectivity index (χ3n) is 10.9. The smallest absolute Gasteiger partial charge is 0.136 e. The van der Waals surface area contributed by atoms with Crippen molar-refractivity contribution in [3.63, 3.8) is 0 Å². The molecule has 0 aromatic rings. The third-order valence-corrected chi connectivity index (χ3v) is 10.9. The molecule has 4 aliphatic rings. The Bertz CT molecular complexity index is 680. The quantitative estimate of drug-likeness (QED) is 0.522. The zero-order valence-corrected chi connectivity index (χ0v) is 20.4. The average molecular weight is 415 g/mol. The Kier molecular flexibility index (Phi) is 6.06. The van der Waals surface area contributed by atoms with Gasteiger partial charge in [0.2, 0.25) is 0 Å². The lowest BCUT2D eigenvalue weighted by molar-refractivity contribution is -0.160. The number of carbonyl (C=O) groups excluding carboxylic acids is 1. The van der Waals surface area contributed by atoms with Gasteiger partial charge in [0.25, 0.3) is 0 Å². The molecule has 10 atom stereocenters. The Morgan fingerprint density at radius 2 is 1.60 bits per heavy atom. The molecule has 4 saturated carbocycles. The molecule has 0 saturated heterocycles. The number of hydrogen-bond donors (Lipinski definition) is 1. The molecule has 2 nitrogen and oxygen atoms in total. The van der Waals surface area contributed by atoms with E-state index in [0.717, 1.165) is 25.7 Å². The maximum Gasteiger partial charge on any atom is 0.136 e.